The molecule has 0 bridgehead atoms. The van der Waals surface area contributed by atoms with Crippen LogP contribution in [-0.4, -0.2) is 6.26 Å². The lowest BCUT2D eigenvalue weighted by molar-refractivity contribution is 0.424. The van der Waals surface area contributed by atoms with Gasteiger partial charge >= 0.3 is 0 Å². The molecule has 1 atom stereocenters. The number of nitrogens with two attached hydrogens (primary N) is 1. The fraction of sp³-hybridized carbons (Fsp3) is 0.200. The molecule has 1 unspecified atom stereocenters. The molecule has 100 valence electrons. The van der Waals surface area contributed by atoms with E-state index in [2.05, 4.69) is 0 Å². The quantitative estimate of drug-likeness (QED) is 0.843. The maximum Gasteiger partial charge on any atom is 0.167 e. The zero-order valence-corrected chi connectivity index (χ0v) is 11.7. The van der Waals surface area contributed by atoms with Crippen molar-refractivity contribution in [2.75, 3.05) is 6.26 Å². The van der Waals surface area contributed by atoms with Crippen molar-refractivity contribution in [1.82, 2.24) is 0 Å². The molecule has 0 aliphatic heterocycles. The Bertz CT molecular complexity index is 572. The average molecular weight is 277 g/mol. The third-order valence-corrected chi connectivity index (χ3v) is 3.55. The van der Waals surface area contributed by atoms with E-state index >= 15 is 0 Å². The molecule has 2 aromatic carbocycles. The molecule has 0 radical (unpaired) electrons. The first kappa shape index (κ1) is 13.9. The van der Waals surface area contributed by atoms with Gasteiger partial charge in [0.05, 0.1) is 0 Å². The molecule has 2 nitrogen and oxygen atoms in total. The predicted octanol–water partition coefficient (Wildman–Crippen LogP) is 4.36. The maximum atomic E-state index is 13.9. The Labute approximate surface area is 116 Å². The van der Waals surface area contributed by atoms with Gasteiger partial charge in [-0.05, 0) is 31.4 Å². The molecule has 0 spiro atoms. The standard InChI is InChI=1S/C15H16FNOS/c1-10(17)11-6-5-7-12(16)15(11)18-13-8-3-4-9-14(13)19-2/h3-10H,17H2,1-2H3. The second-order valence-corrected chi connectivity index (χ2v) is 5.05. The molecule has 0 amide bonds. The van der Waals surface area contributed by atoms with Gasteiger partial charge < -0.3 is 10.5 Å². The minimum atomic E-state index is -0.397. The zero-order valence-electron chi connectivity index (χ0n) is 10.9. The number of halogens is 1. The van der Waals surface area contributed by atoms with Crippen LogP contribution in [0.1, 0.15) is 18.5 Å². The summed E-state index contributed by atoms with van der Waals surface area (Å²) in [6, 6.07) is 12.1. The van der Waals surface area contributed by atoms with E-state index in [0.29, 0.717) is 11.3 Å². The van der Waals surface area contributed by atoms with Crippen molar-refractivity contribution in [1.29, 1.82) is 0 Å². The van der Waals surface area contributed by atoms with Gasteiger partial charge in [-0.25, -0.2) is 4.39 Å². The van der Waals surface area contributed by atoms with E-state index in [-0.39, 0.29) is 11.8 Å². The Kier molecular flexibility index (Phi) is 4.45. The molecule has 0 aromatic heterocycles. The molecule has 0 aliphatic rings. The minimum Gasteiger partial charge on any atom is -0.453 e. The molecule has 0 heterocycles. The van der Waals surface area contributed by atoms with Crippen LogP contribution in [0.4, 0.5) is 4.39 Å². The van der Waals surface area contributed by atoms with Crippen molar-refractivity contribution in [3.05, 3.63) is 53.8 Å². The van der Waals surface area contributed by atoms with E-state index in [1.54, 1.807) is 23.9 Å². The number of para-hydroxylation sites is 2. The summed E-state index contributed by atoms with van der Waals surface area (Å²) in [5.74, 6) is 0.451. The van der Waals surface area contributed by atoms with Gasteiger partial charge in [0.1, 0.15) is 5.75 Å². The van der Waals surface area contributed by atoms with E-state index in [1.807, 2.05) is 37.4 Å². The smallest absolute Gasteiger partial charge is 0.167 e. The van der Waals surface area contributed by atoms with Crippen LogP contribution in [0.5, 0.6) is 11.5 Å². The lowest BCUT2D eigenvalue weighted by Gasteiger charge is -2.15. The van der Waals surface area contributed by atoms with Gasteiger partial charge in [-0.2, -0.15) is 0 Å². The Morgan fingerprint density at radius 1 is 1.16 bits per heavy atom. The van der Waals surface area contributed by atoms with Crippen molar-refractivity contribution in [3.63, 3.8) is 0 Å². The first-order chi connectivity index (χ1) is 9.13. The van der Waals surface area contributed by atoms with Crippen LogP contribution in [0.2, 0.25) is 0 Å². The highest BCUT2D eigenvalue weighted by atomic mass is 32.2. The van der Waals surface area contributed by atoms with E-state index in [4.69, 9.17) is 10.5 Å². The molecule has 19 heavy (non-hydrogen) atoms. The molecule has 0 fully saturated rings. The van der Waals surface area contributed by atoms with E-state index < -0.39 is 5.82 Å². The van der Waals surface area contributed by atoms with Crippen LogP contribution >= 0.6 is 11.8 Å². The SMILES string of the molecule is CSc1ccccc1Oc1c(F)cccc1C(C)N. The van der Waals surface area contributed by atoms with Crippen LogP contribution in [0.15, 0.2) is 47.4 Å². The highest BCUT2D eigenvalue weighted by Gasteiger charge is 2.15. The summed E-state index contributed by atoms with van der Waals surface area (Å²) >= 11 is 1.56. The van der Waals surface area contributed by atoms with Crippen LogP contribution in [-0.2, 0) is 0 Å². The molecular formula is C15H16FNOS. The van der Waals surface area contributed by atoms with Gasteiger partial charge in [-0.1, -0.05) is 24.3 Å². The summed E-state index contributed by atoms with van der Waals surface area (Å²) in [6.45, 7) is 1.81. The summed E-state index contributed by atoms with van der Waals surface area (Å²) in [5.41, 5.74) is 6.52. The molecule has 0 saturated carbocycles. The van der Waals surface area contributed by atoms with Crippen molar-refractivity contribution in [2.24, 2.45) is 5.73 Å². The topological polar surface area (TPSA) is 35.2 Å². The molecule has 4 heteroatoms. The third kappa shape index (κ3) is 3.08. The van der Waals surface area contributed by atoms with Crippen molar-refractivity contribution in [3.8, 4) is 11.5 Å². The Morgan fingerprint density at radius 2 is 1.89 bits per heavy atom. The van der Waals surface area contributed by atoms with Gasteiger partial charge in [0.15, 0.2) is 11.6 Å². The largest absolute Gasteiger partial charge is 0.453 e. The lowest BCUT2D eigenvalue weighted by atomic mass is 10.1. The van der Waals surface area contributed by atoms with Crippen LogP contribution in [0, 0.1) is 5.82 Å². The second kappa shape index (κ2) is 6.08. The number of rotatable bonds is 4. The maximum absolute atomic E-state index is 13.9. The van der Waals surface area contributed by atoms with Crippen LogP contribution in [0.25, 0.3) is 0 Å². The second-order valence-electron chi connectivity index (χ2n) is 4.20. The normalized spacial score (nSPS) is 12.2. The molecule has 2 rings (SSSR count). The number of hydrogen-bond acceptors (Lipinski definition) is 3. The van der Waals surface area contributed by atoms with Gasteiger partial charge in [0.2, 0.25) is 0 Å². The van der Waals surface area contributed by atoms with Gasteiger partial charge in [0.25, 0.3) is 0 Å². The molecule has 2 aromatic rings. The first-order valence-electron chi connectivity index (χ1n) is 5.98. The predicted molar refractivity (Wildman–Crippen MR) is 77.3 cm³/mol. The minimum absolute atomic E-state index is 0.207. The zero-order chi connectivity index (χ0) is 13.8. The fourth-order valence-corrected chi connectivity index (χ4v) is 2.33. The van der Waals surface area contributed by atoms with Crippen molar-refractivity contribution < 1.29 is 9.13 Å². The summed E-state index contributed by atoms with van der Waals surface area (Å²) in [6.07, 6.45) is 1.95. The third-order valence-electron chi connectivity index (χ3n) is 2.77. The Morgan fingerprint density at radius 3 is 2.58 bits per heavy atom. The number of ether oxygens (including phenoxy) is 1. The van der Waals surface area contributed by atoms with E-state index in [9.17, 15) is 4.39 Å². The van der Waals surface area contributed by atoms with Gasteiger partial charge in [0, 0.05) is 16.5 Å². The molecule has 0 aliphatic carbocycles. The molecular weight excluding hydrogens is 261 g/mol. The summed E-state index contributed by atoms with van der Waals surface area (Å²) in [4.78, 5) is 0.960. The monoisotopic (exact) mass is 277 g/mol. The number of benzene rings is 2. The fourth-order valence-electron chi connectivity index (χ4n) is 1.80. The Hall–Kier alpha value is -1.52. The van der Waals surface area contributed by atoms with E-state index in [0.717, 1.165) is 4.90 Å². The highest BCUT2D eigenvalue weighted by Crippen LogP contribution is 2.35. The van der Waals surface area contributed by atoms with Crippen LogP contribution in [0.3, 0.4) is 0 Å². The molecule has 0 saturated heterocycles. The highest BCUT2D eigenvalue weighted by molar-refractivity contribution is 7.98. The van der Waals surface area contributed by atoms with Crippen molar-refractivity contribution in [2.45, 2.75) is 17.9 Å². The lowest BCUT2D eigenvalue weighted by Crippen LogP contribution is -2.07. The first-order valence-corrected chi connectivity index (χ1v) is 7.21. The van der Waals surface area contributed by atoms with Gasteiger partial charge in [-0.15, -0.1) is 11.8 Å². The van der Waals surface area contributed by atoms with Crippen molar-refractivity contribution >= 4 is 11.8 Å². The van der Waals surface area contributed by atoms with E-state index in [1.165, 1.54) is 6.07 Å². The summed E-state index contributed by atoms with van der Waals surface area (Å²) in [5, 5.41) is 0. The summed E-state index contributed by atoms with van der Waals surface area (Å²) in [7, 11) is 0. The molecule has 2 N–H and O–H groups in total. The number of hydrogen-bond donors (Lipinski definition) is 1. The average Bonchev–Trinajstić information content (AvgIpc) is 2.41. The Balaban J connectivity index is 2.43. The van der Waals surface area contributed by atoms with Crippen LogP contribution < -0.4 is 10.5 Å². The number of thioether (sulfide) groups is 1. The summed E-state index contributed by atoms with van der Waals surface area (Å²) < 4.78 is 19.7. The van der Waals surface area contributed by atoms with Gasteiger partial charge in [-0.3, -0.25) is 0 Å².